The standard InChI is InChI=1S/C18H25N3OS/c1-11-14-4-2-3-5-15(14)21-18(19-11)23-10-17(22)20-16-9-12-6-7-13(16)8-12/h12-13,16H,2-10H2,1H3,(H,20,22)/t12-,13-,16-/m0/s1. The highest BCUT2D eigenvalue weighted by Crippen LogP contribution is 2.44. The molecule has 1 aromatic rings. The number of carbonyl (C=O) groups is 1. The lowest BCUT2D eigenvalue weighted by Gasteiger charge is -2.22. The fraction of sp³-hybridized carbons (Fsp3) is 0.722. The average Bonchev–Trinajstić information content (AvgIpc) is 3.16. The maximum absolute atomic E-state index is 12.2. The minimum absolute atomic E-state index is 0.145. The molecule has 3 atom stereocenters. The summed E-state index contributed by atoms with van der Waals surface area (Å²) >= 11 is 1.48. The number of aryl methyl sites for hydroxylation is 2. The van der Waals surface area contributed by atoms with Gasteiger partial charge in [0.15, 0.2) is 5.16 Å². The lowest BCUT2D eigenvalue weighted by molar-refractivity contribution is -0.119. The Kier molecular flexibility index (Phi) is 4.31. The molecule has 2 saturated carbocycles. The summed E-state index contributed by atoms with van der Waals surface area (Å²) in [6.07, 6.45) is 9.82. The number of hydrogen-bond donors (Lipinski definition) is 1. The van der Waals surface area contributed by atoms with Crippen molar-refractivity contribution < 1.29 is 4.79 Å². The number of nitrogens with zero attached hydrogens (tertiary/aromatic N) is 2. The highest BCUT2D eigenvalue weighted by Gasteiger charge is 2.40. The van der Waals surface area contributed by atoms with Crippen LogP contribution < -0.4 is 5.32 Å². The quantitative estimate of drug-likeness (QED) is 0.680. The topological polar surface area (TPSA) is 54.9 Å². The molecular weight excluding hydrogens is 306 g/mol. The van der Waals surface area contributed by atoms with Crippen molar-refractivity contribution in [2.75, 3.05) is 5.75 Å². The van der Waals surface area contributed by atoms with Crippen molar-refractivity contribution in [2.45, 2.75) is 69.5 Å². The van der Waals surface area contributed by atoms with E-state index in [0.717, 1.165) is 35.5 Å². The van der Waals surface area contributed by atoms with Crippen LogP contribution in [0.3, 0.4) is 0 Å². The summed E-state index contributed by atoms with van der Waals surface area (Å²) in [5.41, 5.74) is 3.65. The van der Waals surface area contributed by atoms with Crippen molar-refractivity contribution in [2.24, 2.45) is 11.8 Å². The second kappa shape index (κ2) is 6.42. The first-order valence-corrected chi connectivity index (χ1v) is 9.96. The highest BCUT2D eigenvalue weighted by molar-refractivity contribution is 7.99. The van der Waals surface area contributed by atoms with Gasteiger partial charge in [0.1, 0.15) is 0 Å². The maximum Gasteiger partial charge on any atom is 0.230 e. The molecule has 3 aliphatic rings. The summed E-state index contributed by atoms with van der Waals surface area (Å²) in [6.45, 7) is 2.07. The molecule has 1 N–H and O–H groups in total. The average molecular weight is 331 g/mol. The fourth-order valence-electron chi connectivity index (χ4n) is 4.62. The summed E-state index contributed by atoms with van der Waals surface area (Å²) < 4.78 is 0. The van der Waals surface area contributed by atoms with E-state index >= 15 is 0 Å². The van der Waals surface area contributed by atoms with Crippen LogP contribution in [0.5, 0.6) is 0 Å². The van der Waals surface area contributed by atoms with Crippen LogP contribution in [0.15, 0.2) is 5.16 Å². The molecule has 2 fully saturated rings. The largest absolute Gasteiger partial charge is 0.352 e. The van der Waals surface area contributed by atoms with Gasteiger partial charge in [-0.15, -0.1) is 0 Å². The molecule has 0 spiro atoms. The molecule has 1 heterocycles. The Balaban J connectivity index is 1.33. The normalized spacial score (nSPS) is 28.7. The number of amides is 1. The monoisotopic (exact) mass is 331 g/mol. The lowest BCUT2D eigenvalue weighted by atomic mass is 9.95. The molecule has 0 saturated heterocycles. The van der Waals surface area contributed by atoms with Crippen molar-refractivity contribution in [1.82, 2.24) is 15.3 Å². The summed E-state index contributed by atoms with van der Waals surface area (Å²) in [6, 6.07) is 0.424. The third kappa shape index (κ3) is 3.25. The Hall–Kier alpha value is -1.10. The van der Waals surface area contributed by atoms with E-state index in [1.807, 2.05) is 0 Å². The molecule has 124 valence electrons. The van der Waals surface area contributed by atoms with Gasteiger partial charge in [-0.25, -0.2) is 9.97 Å². The first-order chi connectivity index (χ1) is 11.2. The molecule has 4 rings (SSSR count). The fourth-order valence-corrected chi connectivity index (χ4v) is 5.34. The van der Waals surface area contributed by atoms with Gasteiger partial charge in [0.05, 0.1) is 5.75 Å². The van der Waals surface area contributed by atoms with Crippen LogP contribution in [0.2, 0.25) is 0 Å². The van der Waals surface area contributed by atoms with Crippen molar-refractivity contribution >= 4 is 17.7 Å². The molecule has 3 aliphatic carbocycles. The number of thioether (sulfide) groups is 1. The van der Waals surface area contributed by atoms with Crippen LogP contribution in [-0.2, 0) is 17.6 Å². The smallest absolute Gasteiger partial charge is 0.230 e. The van der Waals surface area contributed by atoms with Gasteiger partial charge in [0, 0.05) is 17.4 Å². The Labute approximate surface area is 142 Å². The van der Waals surface area contributed by atoms with Crippen molar-refractivity contribution in [3.63, 3.8) is 0 Å². The lowest BCUT2D eigenvalue weighted by Crippen LogP contribution is -2.39. The van der Waals surface area contributed by atoms with E-state index in [1.165, 1.54) is 61.5 Å². The summed E-state index contributed by atoms with van der Waals surface area (Å²) in [4.78, 5) is 21.5. The van der Waals surface area contributed by atoms with Gasteiger partial charge in [-0.1, -0.05) is 18.2 Å². The number of nitrogens with one attached hydrogen (secondary N) is 1. The van der Waals surface area contributed by atoms with Gasteiger partial charge < -0.3 is 5.32 Å². The molecule has 2 bridgehead atoms. The van der Waals surface area contributed by atoms with E-state index in [-0.39, 0.29) is 5.91 Å². The minimum atomic E-state index is 0.145. The Bertz CT molecular complexity index is 619. The van der Waals surface area contributed by atoms with Crippen LogP contribution in [-0.4, -0.2) is 27.7 Å². The summed E-state index contributed by atoms with van der Waals surface area (Å²) in [5.74, 6) is 2.18. The van der Waals surface area contributed by atoms with Crippen LogP contribution >= 0.6 is 11.8 Å². The second-order valence-corrected chi connectivity index (χ2v) is 8.30. The molecule has 1 amide bonds. The number of fused-ring (bicyclic) bond motifs is 3. The zero-order valence-electron chi connectivity index (χ0n) is 13.8. The minimum Gasteiger partial charge on any atom is -0.352 e. The van der Waals surface area contributed by atoms with E-state index < -0.39 is 0 Å². The molecule has 0 radical (unpaired) electrons. The second-order valence-electron chi connectivity index (χ2n) is 7.36. The predicted octanol–water partition coefficient (Wildman–Crippen LogP) is 3.06. The van der Waals surface area contributed by atoms with Gasteiger partial charge in [-0.05, 0) is 69.3 Å². The van der Waals surface area contributed by atoms with Crippen molar-refractivity contribution in [3.8, 4) is 0 Å². The first-order valence-electron chi connectivity index (χ1n) is 8.97. The van der Waals surface area contributed by atoms with Crippen molar-refractivity contribution in [1.29, 1.82) is 0 Å². The van der Waals surface area contributed by atoms with Crippen molar-refractivity contribution in [3.05, 3.63) is 17.0 Å². The van der Waals surface area contributed by atoms with Gasteiger partial charge in [0.25, 0.3) is 0 Å². The van der Waals surface area contributed by atoms with E-state index in [1.54, 1.807) is 0 Å². The van der Waals surface area contributed by atoms with Gasteiger partial charge in [0.2, 0.25) is 5.91 Å². The number of carbonyl (C=O) groups excluding carboxylic acids is 1. The van der Waals surface area contributed by atoms with E-state index in [9.17, 15) is 4.79 Å². The molecule has 0 aromatic carbocycles. The third-order valence-electron chi connectivity index (χ3n) is 5.79. The zero-order valence-corrected chi connectivity index (χ0v) is 14.6. The third-order valence-corrected chi connectivity index (χ3v) is 6.63. The number of rotatable bonds is 4. The molecular formula is C18H25N3OS. The van der Waals surface area contributed by atoms with Gasteiger partial charge in [-0.3, -0.25) is 4.79 Å². The van der Waals surface area contributed by atoms with Gasteiger partial charge in [-0.2, -0.15) is 0 Å². The van der Waals surface area contributed by atoms with Crippen LogP contribution in [0.1, 0.15) is 55.5 Å². The zero-order chi connectivity index (χ0) is 15.8. The Morgan fingerprint density at radius 1 is 1.22 bits per heavy atom. The van der Waals surface area contributed by atoms with E-state index in [0.29, 0.717) is 11.8 Å². The molecule has 4 nitrogen and oxygen atoms in total. The Morgan fingerprint density at radius 3 is 2.87 bits per heavy atom. The number of aromatic nitrogens is 2. The summed E-state index contributed by atoms with van der Waals surface area (Å²) in [7, 11) is 0. The maximum atomic E-state index is 12.2. The molecule has 23 heavy (non-hydrogen) atoms. The SMILES string of the molecule is Cc1nc(SCC(=O)N[C@H]2C[C@H]3CC[C@H]2C3)nc2c1CCCC2. The molecule has 0 aliphatic heterocycles. The van der Waals surface area contributed by atoms with E-state index in [2.05, 4.69) is 22.2 Å². The van der Waals surface area contributed by atoms with Gasteiger partial charge >= 0.3 is 0 Å². The molecule has 0 unspecified atom stereocenters. The first kappa shape index (κ1) is 15.4. The Morgan fingerprint density at radius 2 is 2.09 bits per heavy atom. The number of hydrogen-bond acceptors (Lipinski definition) is 4. The van der Waals surface area contributed by atoms with E-state index in [4.69, 9.17) is 0 Å². The highest BCUT2D eigenvalue weighted by atomic mass is 32.2. The van der Waals surface area contributed by atoms with Crippen LogP contribution in [0.4, 0.5) is 0 Å². The van der Waals surface area contributed by atoms with Crippen LogP contribution in [0.25, 0.3) is 0 Å². The molecule has 1 aromatic heterocycles. The predicted molar refractivity (Wildman–Crippen MR) is 91.5 cm³/mol. The van der Waals surface area contributed by atoms with Crippen LogP contribution in [0, 0.1) is 18.8 Å². The summed E-state index contributed by atoms with van der Waals surface area (Å²) in [5, 5.41) is 4.01. The molecule has 5 heteroatoms.